The minimum absolute atomic E-state index is 0.303. The second kappa shape index (κ2) is 12.1. The summed E-state index contributed by atoms with van der Waals surface area (Å²) in [6.07, 6.45) is 1.65. The van der Waals surface area contributed by atoms with Crippen molar-refractivity contribution in [1.29, 1.82) is 0 Å². The van der Waals surface area contributed by atoms with Crippen LogP contribution in [-0.4, -0.2) is 37.3 Å². The molecule has 8 nitrogen and oxygen atoms in total. The number of methoxy groups -OCH3 is 1. The summed E-state index contributed by atoms with van der Waals surface area (Å²) in [6.45, 7) is 2.16. The van der Waals surface area contributed by atoms with Crippen LogP contribution in [0, 0.1) is 5.82 Å². The van der Waals surface area contributed by atoms with Crippen molar-refractivity contribution in [2.24, 2.45) is 4.99 Å². The SMILES string of the molecule is CCOc1ccc(N=C2NC(=O)/C(=C\c3cccc(OC)c3OCC(=O)Nc3ccc(F)cc3)S2)cc1. The van der Waals surface area contributed by atoms with E-state index in [4.69, 9.17) is 14.2 Å². The summed E-state index contributed by atoms with van der Waals surface area (Å²) >= 11 is 1.19. The molecular formula is C27H24FN3O5S. The highest BCUT2D eigenvalue weighted by Gasteiger charge is 2.25. The molecule has 3 aromatic rings. The Hall–Kier alpha value is -4.31. The first kappa shape index (κ1) is 25.8. The third-order valence-electron chi connectivity index (χ3n) is 5.02. The fourth-order valence-corrected chi connectivity index (χ4v) is 4.18. The summed E-state index contributed by atoms with van der Waals surface area (Å²) in [5, 5.41) is 5.83. The first-order chi connectivity index (χ1) is 17.9. The lowest BCUT2D eigenvalue weighted by molar-refractivity contribution is -0.118. The molecule has 1 heterocycles. The average Bonchev–Trinajstić information content (AvgIpc) is 3.24. The molecule has 1 fully saturated rings. The molecule has 0 bridgehead atoms. The van der Waals surface area contributed by atoms with Crippen LogP contribution in [-0.2, 0) is 9.59 Å². The molecule has 0 radical (unpaired) electrons. The summed E-state index contributed by atoms with van der Waals surface area (Å²) < 4.78 is 29.7. The smallest absolute Gasteiger partial charge is 0.264 e. The van der Waals surface area contributed by atoms with Gasteiger partial charge in [-0.2, -0.15) is 0 Å². The second-order valence-corrected chi connectivity index (χ2v) is 8.66. The highest BCUT2D eigenvalue weighted by atomic mass is 32.2. The van der Waals surface area contributed by atoms with E-state index in [0.717, 1.165) is 5.75 Å². The number of nitrogens with zero attached hydrogens (tertiary/aromatic N) is 1. The Morgan fingerprint density at radius 2 is 1.84 bits per heavy atom. The second-order valence-electron chi connectivity index (χ2n) is 7.63. The molecule has 2 N–H and O–H groups in total. The molecule has 2 amide bonds. The van der Waals surface area contributed by atoms with E-state index in [2.05, 4.69) is 15.6 Å². The molecule has 0 aliphatic carbocycles. The third kappa shape index (κ3) is 6.89. The first-order valence-electron chi connectivity index (χ1n) is 11.3. The van der Waals surface area contributed by atoms with Crippen LogP contribution in [0.2, 0.25) is 0 Å². The fourth-order valence-electron chi connectivity index (χ4n) is 3.35. The Morgan fingerprint density at radius 3 is 2.54 bits per heavy atom. The number of hydrogen-bond acceptors (Lipinski definition) is 7. The predicted molar refractivity (Wildman–Crippen MR) is 142 cm³/mol. The quantitative estimate of drug-likeness (QED) is 0.379. The number of benzene rings is 3. The minimum Gasteiger partial charge on any atom is -0.494 e. The van der Waals surface area contributed by atoms with E-state index in [-0.39, 0.29) is 12.5 Å². The molecule has 0 saturated carbocycles. The molecule has 10 heteroatoms. The van der Waals surface area contributed by atoms with Gasteiger partial charge in [0.2, 0.25) is 0 Å². The topological polar surface area (TPSA) is 98.2 Å². The van der Waals surface area contributed by atoms with Crippen LogP contribution in [0.1, 0.15) is 12.5 Å². The van der Waals surface area contributed by atoms with Gasteiger partial charge >= 0.3 is 0 Å². The number of amides is 2. The van der Waals surface area contributed by atoms with E-state index in [9.17, 15) is 14.0 Å². The van der Waals surface area contributed by atoms with Gasteiger partial charge in [-0.15, -0.1) is 0 Å². The van der Waals surface area contributed by atoms with Crippen molar-refractivity contribution in [2.45, 2.75) is 6.92 Å². The molecule has 3 aromatic carbocycles. The van der Waals surface area contributed by atoms with Gasteiger partial charge in [0.15, 0.2) is 23.3 Å². The summed E-state index contributed by atoms with van der Waals surface area (Å²) in [7, 11) is 1.48. The summed E-state index contributed by atoms with van der Waals surface area (Å²) in [6, 6.07) is 17.8. The van der Waals surface area contributed by atoms with Gasteiger partial charge in [0.05, 0.1) is 24.3 Å². The van der Waals surface area contributed by atoms with Gasteiger partial charge in [0, 0.05) is 11.3 Å². The van der Waals surface area contributed by atoms with Crippen molar-refractivity contribution in [1.82, 2.24) is 5.32 Å². The Labute approximate surface area is 217 Å². The van der Waals surface area contributed by atoms with Gasteiger partial charge in [-0.3, -0.25) is 9.59 Å². The van der Waals surface area contributed by atoms with E-state index in [1.807, 2.05) is 19.1 Å². The van der Waals surface area contributed by atoms with Gasteiger partial charge in [-0.05, 0) is 79.4 Å². The molecule has 37 heavy (non-hydrogen) atoms. The van der Waals surface area contributed by atoms with Crippen molar-refractivity contribution < 1.29 is 28.2 Å². The number of anilines is 1. The Balaban J connectivity index is 1.48. The van der Waals surface area contributed by atoms with E-state index in [0.29, 0.717) is 45.1 Å². The Bertz CT molecular complexity index is 1340. The molecule has 190 valence electrons. The number of halogens is 1. The van der Waals surface area contributed by atoms with E-state index >= 15 is 0 Å². The van der Waals surface area contributed by atoms with Gasteiger partial charge in [0.1, 0.15) is 11.6 Å². The van der Waals surface area contributed by atoms with Gasteiger partial charge in [-0.25, -0.2) is 9.38 Å². The van der Waals surface area contributed by atoms with E-state index in [1.165, 1.54) is 43.1 Å². The highest BCUT2D eigenvalue weighted by molar-refractivity contribution is 8.18. The molecule has 4 rings (SSSR count). The maximum atomic E-state index is 13.1. The van der Waals surface area contributed by atoms with E-state index in [1.54, 1.807) is 36.4 Å². The number of thioether (sulfide) groups is 1. The number of rotatable bonds is 9. The van der Waals surface area contributed by atoms with Crippen LogP contribution >= 0.6 is 11.8 Å². The fraction of sp³-hybridized carbons (Fsp3) is 0.148. The minimum atomic E-state index is -0.436. The van der Waals surface area contributed by atoms with Crippen LogP contribution < -0.4 is 24.8 Å². The van der Waals surface area contributed by atoms with Crippen LogP contribution in [0.5, 0.6) is 17.2 Å². The van der Waals surface area contributed by atoms with Crippen LogP contribution in [0.15, 0.2) is 76.6 Å². The number of ether oxygens (including phenoxy) is 3. The lowest BCUT2D eigenvalue weighted by Gasteiger charge is -2.13. The van der Waals surface area contributed by atoms with Crippen LogP contribution in [0.25, 0.3) is 6.08 Å². The molecule has 1 aliphatic heterocycles. The lowest BCUT2D eigenvalue weighted by Crippen LogP contribution is -2.20. The van der Waals surface area contributed by atoms with Crippen LogP contribution in [0.4, 0.5) is 15.8 Å². The van der Waals surface area contributed by atoms with Gasteiger partial charge in [-0.1, -0.05) is 12.1 Å². The Morgan fingerprint density at radius 1 is 1.08 bits per heavy atom. The molecule has 0 atom stereocenters. The van der Waals surface area contributed by atoms with Crippen molar-refractivity contribution in [3.63, 3.8) is 0 Å². The number of amidine groups is 1. The average molecular weight is 522 g/mol. The number of nitrogens with one attached hydrogen (secondary N) is 2. The molecular weight excluding hydrogens is 497 g/mol. The molecule has 0 aromatic heterocycles. The Kier molecular flexibility index (Phi) is 8.42. The lowest BCUT2D eigenvalue weighted by atomic mass is 10.1. The van der Waals surface area contributed by atoms with Crippen molar-refractivity contribution in [3.05, 3.63) is 83.0 Å². The number of para-hydroxylation sites is 1. The standard InChI is InChI=1S/C27H24FN3O5S/c1-3-35-21-13-11-20(12-14-21)30-27-31-26(33)23(37-27)15-17-5-4-6-22(34-2)25(17)36-16-24(32)29-19-9-7-18(28)8-10-19/h4-15H,3,16H2,1-2H3,(H,29,32)(H,30,31,33)/b23-15+. The molecule has 0 unspecified atom stereocenters. The van der Waals surface area contributed by atoms with Crippen LogP contribution in [0.3, 0.4) is 0 Å². The maximum Gasteiger partial charge on any atom is 0.264 e. The summed E-state index contributed by atoms with van der Waals surface area (Å²) in [5.41, 5.74) is 1.66. The zero-order valence-electron chi connectivity index (χ0n) is 20.1. The van der Waals surface area contributed by atoms with Crippen molar-refractivity contribution in [3.8, 4) is 17.2 Å². The summed E-state index contributed by atoms with van der Waals surface area (Å²) in [4.78, 5) is 29.9. The number of carbonyl (C=O) groups excluding carboxylic acids is 2. The molecule has 1 saturated heterocycles. The molecule has 1 aliphatic rings. The predicted octanol–water partition coefficient (Wildman–Crippen LogP) is 5.14. The number of aliphatic imine (C=N–C) groups is 1. The van der Waals surface area contributed by atoms with Gasteiger partial charge in [0.25, 0.3) is 11.8 Å². The van der Waals surface area contributed by atoms with Crippen molar-refractivity contribution >= 4 is 46.2 Å². The van der Waals surface area contributed by atoms with E-state index < -0.39 is 11.7 Å². The van der Waals surface area contributed by atoms with Gasteiger partial charge < -0.3 is 24.8 Å². The normalized spacial score (nSPS) is 14.9. The zero-order valence-corrected chi connectivity index (χ0v) is 20.9. The number of hydrogen-bond donors (Lipinski definition) is 2. The van der Waals surface area contributed by atoms with Crippen molar-refractivity contribution in [2.75, 3.05) is 25.6 Å². The zero-order chi connectivity index (χ0) is 26.2. The largest absolute Gasteiger partial charge is 0.494 e. The highest BCUT2D eigenvalue weighted by Crippen LogP contribution is 2.36. The molecule has 0 spiro atoms. The monoisotopic (exact) mass is 521 g/mol. The first-order valence-corrected chi connectivity index (χ1v) is 12.1. The summed E-state index contributed by atoms with van der Waals surface area (Å²) in [5.74, 6) is 0.300. The number of carbonyl (C=O) groups is 2. The maximum absolute atomic E-state index is 13.1. The third-order valence-corrected chi connectivity index (χ3v) is 5.93.